The van der Waals surface area contributed by atoms with Gasteiger partial charge in [0.2, 0.25) is 5.91 Å². The van der Waals surface area contributed by atoms with Crippen molar-refractivity contribution in [3.05, 3.63) is 60.2 Å². The van der Waals surface area contributed by atoms with Crippen LogP contribution in [0.5, 0.6) is 11.5 Å². The molecule has 0 saturated carbocycles. The minimum absolute atomic E-state index is 0.0953. The lowest BCUT2D eigenvalue weighted by molar-refractivity contribution is -0.120. The molecular weight excluding hydrogens is 370 g/mol. The van der Waals surface area contributed by atoms with Gasteiger partial charge in [-0.25, -0.2) is 4.79 Å². The summed E-state index contributed by atoms with van der Waals surface area (Å²) in [6.07, 6.45) is 0.138. The summed E-state index contributed by atoms with van der Waals surface area (Å²) in [6, 6.07) is 16.7. The highest BCUT2D eigenvalue weighted by atomic mass is 16.6. The summed E-state index contributed by atoms with van der Waals surface area (Å²) < 4.78 is 11.7. The number of benzene rings is 2. The van der Waals surface area contributed by atoms with Crippen molar-refractivity contribution in [2.24, 2.45) is 0 Å². The Morgan fingerprint density at radius 1 is 1.07 bits per heavy atom. The number of rotatable bonds is 8. The van der Waals surface area contributed by atoms with Gasteiger partial charge in [-0.05, 0) is 24.2 Å². The smallest absolute Gasteiger partial charge is 0.321 e. The number of hydrogen-bond donors (Lipinski definition) is 2. The first kappa shape index (κ1) is 20.7. The highest BCUT2D eigenvalue weighted by molar-refractivity contribution is 5.94. The van der Waals surface area contributed by atoms with Crippen LogP contribution in [0.1, 0.15) is 18.9 Å². The molecule has 154 valence electrons. The van der Waals surface area contributed by atoms with Crippen molar-refractivity contribution < 1.29 is 19.1 Å². The van der Waals surface area contributed by atoms with Gasteiger partial charge in [-0.15, -0.1) is 0 Å². The van der Waals surface area contributed by atoms with Gasteiger partial charge in [0.25, 0.3) is 0 Å². The summed E-state index contributed by atoms with van der Waals surface area (Å²) in [5, 5.41) is 5.06. The molecule has 0 aromatic heterocycles. The van der Waals surface area contributed by atoms with E-state index < -0.39 is 6.03 Å². The van der Waals surface area contributed by atoms with Crippen LogP contribution in [-0.4, -0.2) is 49.2 Å². The average molecular weight is 397 g/mol. The Balaban J connectivity index is 1.37. The number of nitrogens with zero attached hydrogens (tertiary/aromatic N) is 1. The van der Waals surface area contributed by atoms with Crippen molar-refractivity contribution in [3.63, 3.8) is 0 Å². The molecule has 1 aliphatic rings. The van der Waals surface area contributed by atoms with Crippen LogP contribution >= 0.6 is 0 Å². The zero-order valence-corrected chi connectivity index (χ0v) is 16.6. The van der Waals surface area contributed by atoms with E-state index in [0.717, 1.165) is 23.6 Å². The second-order valence-electron chi connectivity index (χ2n) is 6.86. The third kappa shape index (κ3) is 6.50. The van der Waals surface area contributed by atoms with E-state index >= 15 is 0 Å². The number of imide groups is 1. The second-order valence-corrected chi connectivity index (χ2v) is 6.86. The highest BCUT2D eigenvalue weighted by Gasteiger charge is 2.23. The fourth-order valence-corrected chi connectivity index (χ4v) is 3.09. The number of ether oxygens (including phenoxy) is 2. The first-order valence-electron chi connectivity index (χ1n) is 9.86. The topological polar surface area (TPSA) is 79.9 Å². The molecule has 29 heavy (non-hydrogen) atoms. The van der Waals surface area contributed by atoms with Crippen LogP contribution in [0.25, 0.3) is 0 Å². The van der Waals surface area contributed by atoms with Crippen molar-refractivity contribution in [1.82, 2.24) is 15.5 Å². The number of carbonyl (C=O) groups excluding carboxylic acids is 2. The van der Waals surface area contributed by atoms with Gasteiger partial charge in [-0.3, -0.25) is 15.0 Å². The highest BCUT2D eigenvalue weighted by Crippen LogP contribution is 2.30. The van der Waals surface area contributed by atoms with E-state index in [1.807, 2.05) is 61.5 Å². The van der Waals surface area contributed by atoms with Crippen molar-refractivity contribution >= 4 is 11.9 Å². The lowest BCUT2D eigenvalue weighted by atomic mass is 10.2. The first-order chi connectivity index (χ1) is 14.1. The zero-order chi connectivity index (χ0) is 20.5. The minimum Gasteiger partial charge on any atom is -0.486 e. The predicted octanol–water partition coefficient (Wildman–Crippen LogP) is 2.56. The molecule has 1 unspecified atom stereocenters. The number of para-hydroxylation sites is 2. The van der Waals surface area contributed by atoms with Gasteiger partial charge in [0.1, 0.15) is 12.7 Å². The van der Waals surface area contributed by atoms with Crippen LogP contribution < -0.4 is 20.1 Å². The third-order valence-electron chi connectivity index (χ3n) is 4.68. The Labute approximate surface area is 171 Å². The summed E-state index contributed by atoms with van der Waals surface area (Å²) in [5.41, 5.74) is 0.975. The number of amides is 3. The van der Waals surface area contributed by atoms with Gasteiger partial charge in [0.15, 0.2) is 11.5 Å². The van der Waals surface area contributed by atoms with E-state index in [2.05, 4.69) is 15.5 Å². The SMILES string of the molecule is CCN(CCC(=O)NC(=O)NCc1ccccc1)CC1COc2ccccc2O1. The molecule has 3 rings (SSSR count). The average Bonchev–Trinajstić information content (AvgIpc) is 2.75. The number of carbonyl (C=O) groups is 2. The molecule has 3 amide bonds. The Kier molecular flexibility index (Phi) is 7.47. The molecule has 7 nitrogen and oxygen atoms in total. The lowest BCUT2D eigenvalue weighted by Gasteiger charge is -2.30. The Morgan fingerprint density at radius 3 is 2.55 bits per heavy atom. The summed E-state index contributed by atoms with van der Waals surface area (Å²) in [7, 11) is 0. The Hall–Kier alpha value is -3.06. The van der Waals surface area contributed by atoms with Gasteiger partial charge in [0.05, 0.1) is 0 Å². The summed E-state index contributed by atoms with van der Waals surface area (Å²) in [4.78, 5) is 26.1. The fourth-order valence-electron chi connectivity index (χ4n) is 3.09. The molecule has 0 spiro atoms. The van der Waals surface area contributed by atoms with E-state index in [9.17, 15) is 9.59 Å². The van der Waals surface area contributed by atoms with Crippen molar-refractivity contribution in [3.8, 4) is 11.5 Å². The van der Waals surface area contributed by atoms with Gasteiger partial charge >= 0.3 is 6.03 Å². The minimum atomic E-state index is -0.484. The molecule has 0 aliphatic carbocycles. The molecule has 1 atom stereocenters. The Morgan fingerprint density at radius 2 is 1.79 bits per heavy atom. The van der Waals surface area contributed by atoms with Crippen LogP contribution in [0.2, 0.25) is 0 Å². The monoisotopic (exact) mass is 397 g/mol. The predicted molar refractivity (Wildman–Crippen MR) is 110 cm³/mol. The van der Waals surface area contributed by atoms with E-state index in [0.29, 0.717) is 26.2 Å². The standard InChI is InChI=1S/C22H27N3O4/c1-2-25(15-18-16-28-19-10-6-7-11-20(19)29-18)13-12-21(26)24-22(27)23-14-17-8-4-3-5-9-17/h3-11,18H,2,12-16H2,1H3,(H2,23,24,26,27). The van der Waals surface area contributed by atoms with Crippen molar-refractivity contribution in [2.45, 2.75) is 26.0 Å². The van der Waals surface area contributed by atoms with Gasteiger partial charge in [0, 0.05) is 26.1 Å². The molecule has 2 N–H and O–H groups in total. The quantitative estimate of drug-likeness (QED) is 0.716. The maximum atomic E-state index is 12.1. The van der Waals surface area contributed by atoms with Gasteiger partial charge in [-0.1, -0.05) is 49.4 Å². The van der Waals surface area contributed by atoms with Crippen LogP contribution in [-0.2, 0) is 11.3 Å². The maximum absolute atomic E-state index is 12.1. The summed E-state index contributed by atoms with van der Waals surface area (Å²) >= 11 is 0. The molecule has 7 heteroatoms. The van der Waals surface area contributed by atoms with Gasteiger partial charge < -0.3 is 14.8 Å². The molecule has 0 bridgehead atoms. The van der Waals surface area contributed by atoms with Crippen LogP contribution in [0, 0.1) is 0 Å². The molecular formula is C22H27N3O4. The number of urea groups is 1. The largest absolute Gasteiger partial charge is 0.486 e. The van der Waals surface area contributed by atoms with Crippen molar-refractivity contribution in [2.75, 3.05) is 26.2 Å². The molecule has 2 aromatic carbocycles. The lowest BCUT2D eigenvalue weighted by Crippen LogP contribution is -2.43. The van der Waals surface area contributed by atoms with E-state index in [4.69, 9.17) is 9.47 Å². The zero-order valence-electron chi connectivity index (χ0n) is 16.6. The maximum Gasteiger partial charge on any atom is 0.321 e. The van der Waals surface area contributed by atoms with Gasteiger partial charge in [-0.2, -0.15) is 0 Å². The molecule has 1 heterocycles. The molecule has 0 saturated heterocycles. The molecule has 0 radical (unpaired) electrons. The number of fused-ring (bicyclic) bond motifs is 1. The summed E-state index contributed by atoms with van der Waals surface area (Å²) in [6.45, 7) is 4.84. The number of nitrogens with one attached hydrogen (secondary N) is 2. The molecule has 1 aliphatic heterocycles. The molecule has 0 fully saturated rings. The first-order valence-corrected chi connectivity index (χ1v) is 9.86. The Bertz CT molecular complexity index is 813. The fraction of sp³-hybridized carbons (Fsp3) is 0.364. The second kappa shape index (κ2) is 10.5. The van der Waals surface area contributed by atoms with E-state index in [-0.39, 0.29) is 18.4 Å². The molecule has 2 aromatic rings. The van der Waals surface area contributed by atoms with E-state index in [1.165, 1.54) is 0 Å². The van der Waals surface area contributed by atoms with Crippen LogP contribution in [0.4, 0.5) is 4.79 Å². The third-order valence-corrected chi connectivity index (χ3v) is 4.68. The number of likely N-dealkylation sites (N-methyl/N-ethyl adjacent to an activating group) is 1. The normalized spacial score (nSPS) is 15.0. The number of hydrogen-bond acceptors (Lipinski definition) is 5. The van der Waals surface area contributed by atoms with Crippen LogP contribution in [0.15, 0.2) is 54.6 Å². The van der Waals surface area contributed by atoms with Crippen molar-refractivity contribution in [1.29, 1.82) is 0 Å². The van der Waals surface area contributed by atoms with E-state index in [1.54, 1.807) is 0 Å². The van der Waals surface area contributed by atoms with Crippen LogP contribution in [0.3, 0.4) is 0 Å². The summed E-state index contributed by atoms with van der Waals surface area (Å²) in [5.74, 6) is 1.19.